The molecule has 0 amide bonds. The molecule has 0 aromatic heterocycles. The number of hydrogen-bond donors (Lipinski definition) is 0. The Morgan fingerprint density at radius 3 is 2.22 bits per heavy atom. The van der Waals surface area contributed by atoms with Gasteiger partial charge >= 0.3 is 6.18 Å². The van der Waals surface area contributed by atoms with E-state index in [1.54, 1.807) is 0 Å². The van der Waals surface area contributed by atoms with Crippen LogP contribution in [-0.2, 0) is 0 Å². The lowest BCUT2D eigenvalue weighted by atomic mass is 9.78. The van der Waals surface area contributed by atoms with Crippen LogP contribution in [-0.4, -0.2) is 30.7 Å². The number of nitriles is 1. The fourth-order valence-electron chi connectivity index (χ4n) is 2.43. The van der Waals surface area contributed by atoms with Gasteiger partial charge in [0.1, 0.15) is 0 Å². The third-order valence-electron chi connectivity index (χ3n) is 3.90. The summed E-state index contributed by atoms with van der Waals surface area (Å²) in [7, 11) is 0. The van der Waals surface area contributed by atoms with Crippen molar-refractivity contribution < 1.29 is 13.2 Å². The predicted octanol–water partition coefficient (Wildman–Crippen LogP) is 5.26. The lowest BCUT2D eigenvalue weighted by molar-refractivity contribution is -0.0882. The molecule has 1 aliphatic rings. The molecule has 0 atom stereocenters. The minimum Gasteiger partial charge on any atom is -0.299 e. The van der Waals surface area contributed by atoms with Gasteiger partial charge in [0.25, 0.3) is 0 Å². The summed E-state index contributed by atoms with van der Waals surface area (Å²) in [6.07, 6.45) is -0.244. The van der Waals surface area contributed by atoms with Crippen molar-refractivity contribution in [1.82, 2.24) is 4.90 Å². The molecule has 1 saturated heterocycles. The topological polar surface area (TPSA) is 27.0 Å². The summed E-state index contributed by atoms with van der Waals surface area (Å²) in [5, 5.41) is 8.80. The first-order valence-corrected chi connectivity index (χ1v) is 7.88. The van der Waals surface area contributed by atoms with Crippen LogP contribution < -0.4 is 0 Å². The van der Waals surface area contributed by atoms with Crippen molar-refractivity contribution in [1.29, 1.82) is 5.26 Å². The van der Waals surface area contributed by atoms with Gasteiger partial charge in [-0.05, 0) is 43.0 Å². The Balaban J connectivity index is 0.00000232. The van der Waals surface area contributed by atoms with Crippen LogP contribution in [0.5, 0.6) is 0 Å². The fourth-order valence-corrected chi connectivity index (χ4v) is 2.43. The van der Waals surface area contributed by atoms with Gasteiger partial charge in [0.15, 0.2) is 0 Å². The smallest absolute Gasteiger partial charge is 0.299 e. The van der Waals surface area contributed by atoms with Crippen molar-refractivity contribution in [3.63, 3.8) is 0 Å². The monoisotopic (exact) mass is 328 g/mol. The minimum absolute atomic E-state index is 0.0284. The van der Waals surface area contributed by atoms with E-state index >= 15 is 0 Å². The maximum atomic E-state index is 12.6. The van der Waals surface area contributed by atoms with Gasteiger partial charge in [-0.25, -0.2) is 0 Å². The number of alkyl halides is 3. The summed E-state index contributed by atoms with van der Waals surface area (Å²) < 4.78 is 37.9. The Bertz CT molecular complexity index is 462. The lowest BCUT2D eigenvalue weighted by Crippen LogP contribution is -2.39. The van der Waals surface area contributed by atoms with Crippen molar-refractivity contribution in [2.75, 3.05) is 19.6 Å². The van der Waals surface area contributed by atoms with Crippen molar-refractivity contribution >= 4 is 0 Å². The van der Waals surface area contributed by atoms with Crippen molar-refractivity contribution in [3.05, 3.63) is 36.5 Å². The van der Waals surface area contributed by atoms with E-state index in [9.17, 15) is 13.2 Å². The van der Waals surface area contributed by atoms with Crippen molar-refractivity contribution in [3.8, 4) is 6.07 Å². The van der Waals surface area contributed by atoms with Crippen molar-refractivity contribution in [2.45, 2.75) is 46.2 Å². The molecule has 0 bridgehead atoms. The van der Waals surface area contributed by atoms with Gasteiger partial charge in [0.05, 0.1) is 11.6 Å². The molecule has 5 heteroatoms. The van der Waals surface area contributed by atoms with Crippen LogP contribution in [0, 0.1) is 16.7 Å². The molecule has 0 aromatic rings. The number of hydrogen-bond acceptors (Lipinski definition) is 2. The molecule has 1 fully saturated rings. The van der Waals surface area contributed by atoms with E-state index in [-0.39, 0.29) is 5.41 Å². The van der Waals surface area contributed by atoms with Crippen LogP contribution >= 0.6 is 0 Å². The van der Waals surface area contributed by atoms with E-state index in [1.165, 1.54) is 0 Å². The number of halogens is 3. The highest BCUT2D eigenvalue weighted by atomic mass is 19.4. The Labute approximate surface area is 138 Å². The first-order valence-electron chi connectivity index (χ1n) is 7.88. The first kappa shape index (κ1) is 21.5. The molecule has 2 nitrogen and oxygen atoms in total. The van der Waals surface area contributed by atoms with Crippen LogP contribution in [0.2, 0.25) is 0 Å². The molecule has 130 valence electrons. The van der Waals surface area contributed by atoms with E-state index < -0.39 is 11.7 Å². The third-order valence-corrected chi connectivity index (χ3v) is 3.90. The van der Waals surface area contributed by atoms with Gasteiger partial charge in [-0.2, -0.15) is 18.4 Å². The second-order valence-corrected chi connectivity index (χ2v) is 5.88. The second kappa shape index (κ2) is 9.57. The number of likely N-dealkylation sites (tertiary alicyclic amines) is 1. The normalized spacial score (nSPS) is 18.4. The van der Waals surface area contributed by atoms with Gasteiger partial charge in [-0.15, -0.1) is 0 Å². The van der Waals surface area contributed by atoms with Gasteiger partial charge < -0.3 is 0 Å². The summed E-state index contributed by atoms with van der Waals surface area (Å²) in [6, 6.07) is 2.20. The van der Waals surface area contributed by atoms with Gasteiger partial charge in [0, 0.05) is 13.0 Å². The second-order valence-electron chi connectivity index (χ2n) is 5.88. The first-order chi connectivity index (χ1) is 10.7. The largest absolute Gasteiger partial charge is 0.416 e. The zero-order valence-corrected chi connectivity index (χ0v) is 14.3. The zero-order chi connectivity index (χ0) is 18.1. The molecule has 0 radical (unpaired) electrons. The molecule has 0 spiro atoms. The summed E-state index contributed by atoms with van der Waals surface area (Å²) >= 11 is 0. The van der Waals surface area contributed by atoms with E-state index in [2.05, 4.69) is 31.1 Å². The summed E-state index contributed by atoms with van der Waals surface area (Å²) in [4.78, 5) is 2.08. The Morgan fingerprint density at radius 1 is 1.30 bits per heavy atom. The maximum Gasteiger partial charge on any atom is 0.416 e. The molecular weight excluding hydrogens is 301 g/mol. The van der Waals surface area contributed by atoms with Gasteiger partial charge in [0.2, 0.25) is 0 Å². The molecule has 0 unspecified atom stereocenters. The summed E-state index contributed by atoms with van der Waals surface area (Å²) in [5.74, 6) is 0. The Morgan fingerprint density at radius 2 is 1.83 bits per heavy atom. The van der Waals surface area contributed by atoms with E-state index in [0.717, 1.165) is 38.1 Å². The molecular formula is C18H27F3N2. The number of rotatable bonds is 5. The van der Waals surface area contributed by atoms with E-state index in [1.807, 2.05) is 13.8 Å². The molecule has 0 aromatic carbocycles. The highest BCUT2D eigenvalue weighted by Gasteiger charge is 2.32. The quantitative estimate of drug-likeness (QED) is 0.644. The summed E-state index contributed by atoms with van der Waals surface area (Å²) in [5.41, 5.74) is -0.314. The maximum absolute atomic E-state index is 12.6. The predicted molar refractivity (Wildman–Crippen MR) is 88.8 cm³/mol. The van der Waals surface area contributed by atoms with Crippen LogP contribution in [0.3, 0.4) is 0 Å². The number of piperidine rings is 1. The molecule has 1 aliphatic heterocycles. The molecule has 0 aliphatic carbocycles. The highest BCUT2D eigenvalue weighted by Crippen LogP contribution is 2.34. The minimum atomic E-state index is -4.39. The van der Waals surface area contributed by atoms with Crippen LogP contribution in [0.25, 0.3) is 0 Å². The molecule has 0 N–H and O–H groups in total. The van der Waals surface area contributed by atoms with Crippen LogP contribution in [0.15, 0.2) is 36.5 Å². The molecule has 1 rings (SSSR count). The van der Waals surface area contributed by atoms with Gasteiger partial charge in [-0.3, -0.25) is 4.90 Å². The average Bonchev–Trinajstić information content (AvgIpc) is 2.48. The zero-order valence-electron chi connectivity index (χ0n) is 14.3. The van der Waals surface area contributed by atoms with E-state index in [4.69, 9.17) is 5.26 Å². The molecule has 23 heavy (non-hydrogen) atoms. The number of nitrogens with zero attached hydrogens (tertiary/aromatic N) is 2. The van der Waals surface area contributed by atoms with Crippen LogP contribution in [0.4, 0.5) is 13.2 Å². The summed E-state index contributed by atoms with van der Waals surface area (Å²) in [6.45, 7) is 15.0. The fraction of sp³-hybridized carbons (Fsp3) is 0.611. The molecule has 1 heterocycles. The standard InChI is InChI=1S/C16H21F3N2.C2H6/c1-4-14(16(17,18)19)11-13(2)12-21-9-6-15(3,5-8-20)7-10-21;1-2/h4,11H,1-2,5-7,9-10,12H2,3H3;1-2H3/b14-11+;. The Hall–Kier alpha value is -1.54. The highest BCUT2D eigenvalue weighted by molar-refractivity contribution is 5.31. The number of allylic oxidation sites excluding steroid dienone is 2. The molecule has 0 saturated carbocycles. The third kappa shape index (κ3) is 7.51. The lowest BCUT2D eigenvalue weighted by Gasteiger charge is -2.38. The van der Waals surface area contributed by atoms with Gasteiger partial charge in [-0.1, -0.05) is 40.0 Å². The van der Waals surface area contributed by atoms with Crippen molar-refractivity contribution in [2.24, 2.45) is 5.41 Å². The Kier molecular flexibility index (Phi) is 8.93. The average molecular weight is 328 g/mol. The van der Waals surface area contributed by atoms with E-state index in [0.29, 0.717) is 18.5 Å². The SMILES string of the molecule is C=C/C(=C\C(=C)CN1CCC(C)(CC#N)CC1)C(F)(F)F.CC. The van der Waals surface area contributed by atoms with Crippen LogP contribution in [0.1, 0.15) is 40.0 Å².